The lowest BCUT2D eigenvalue weighted by atomic mass is 10.1. The van der Waals surface area contributed by atoms with Crippen molar-refractivity contribution in [3.8, 4) is 0 Å². The highest BCUT2D eigenvalue weighted by Gasteiger charge is 2.29. The maximum atomic E-state index is 12.7. The lowest BCUT2D eigenvalue weighted by Gasteiger charge is -2.17. The molecule has 0 saturated heterocycles. The molecule has 1 aliphatic heterocycles. The van der Waals surface area contributed by atoms with E-state index in [1.54, 1.807) is 23.9 Å². The smallest absolute Gasteiger partial charge is 0.242 e. The van der Waals surface area contributed by atoms with Crippen LogP contribution in [0.5, 0.6) is 0 Å². The maximum absolute atomic E-state index is 12.7. The van der Waals surface area contributed by atoms with Gasteiger partial charge in [-0.2, -0.15) is 0 Å². The first-order valence-electron chi connectivity index (χ1n) is 8.29. The van der Waals surface area contributed by atoms with Crippen molar-refractivity contribution in [3.05, 3.63) is 53.1 Å². The van der Waals surface area contributed by atoms with Crippen LogP contribution in [0.4, 0.5) is 5.69 Å². The Kier molecular flexibility index (Phi) is 5.14. The summed E-state index contributed by atoms with van der Waals surface area (Å²) in [6.45, 7) is 3.73. The molecule has 1 atom stereocenters. The van der Waals surface area contributed by atoms with Gasteiger partial charge >= 0.3 is 0 Å². The van der Waals surface area contributed by atoms with Crippen LogP contribution in [0.25, 0.3) is 0 Å². The number of carbonyl (C=O) groups excluding carboxylic acids is 1. The zero-order chi connectivity index (χ0) is 19.1. The van der Waals surface area contributed by atoms with Crippen molar-refractivity contribution in [2.24, 2.45) is 0 Å². The van der Waals surface area contributed by atoms with E-state index >= 15 is 0 Å². The molecule has 0 unspecified atom stereocenters. The first kappa shape index (κ1) is 18.9. The van der Waals surface area contributed by atoms with Crippen LogP contribution in [0.3, 0.4) is 0 Å². The fourth-order valence-electron chi connectivity index (χ4n) is 2.86. The highest BCUT2D eigenvalue weighted by atomic mass is 32.2. The minimum atomic E-state index is -3.56. The molecule has 1 N–H and O–H groups in total. The summed E-state index contributed by atoms with van der Waals surface area (Å²) in [6, 6.07) is 11.2. The lowest BCUT2D eigenvalue weighted by molar-refractivity contribution is -0.115. The Morgan fingerprint density at radius 2 is 1.88 bits per heavy atom. The molecule has 26 heavy (non-hydrogen) atoms. The normalized spacial score (nSPS) is 16.6. The molecule has 0 fully saturated rings. The highest BCUT2D eigenvalue weighted by Crippen LogP contribution is 2.37. The summed E-state index contributed by atoms with van der Waals surface area (Å²) >= 11 is 1.55. The second-order valence-corrected chi connectivity index (χ2v) is 10.0. The summed E-state index contributed by atoms with van der Waals surface area (Å²) in [5, 5.41) is 2.73. The summed E-state index contributed by atoms with van der Waals surface area (Å²) in [5.41, 5.74) is 3.42. The second-order valence-electron chi connectivity index (χ2n) is 6.61. The Balaban J connectivity index is 1.86. The lowest BCUT2D eigenvalue weighted by Crippen LogP contribution is -2.26. The number of anilines is 1. The molecule has 7 heteroatoms. The van der Waals surface area contributed by atoms with Gasteiger partial charge in [0.2, 0.25) is 15.9 Å². The number of carbonyl (C=O) groups is 1. The number of aryl methyl sites for hydroxylation is 1. The quantitative estimate of drug-likeness (QED) is 0.871. The average Bonchev–Trinajstić information content (AvgIpc) is 3.02. The van der Waals surface area contributed by atoms with E-state index < -0.39 is 10.0 Å². The Morgan fingerprint density at radius 1 is 1.19 bits per heavy atom. The summed E-state index contributed by atoms with van der Waals surface area (Å²) in [5.74, 6) is -0.104. The summed E-state index contributed by atoms with van der Waals surface area (Å²) < 4.78 is 26.1. The Labute approximate surface area is 158 Å². The number of rotatable bonds is 4. The molecular weight excluding hydrogens is 368 g/mol. The van der Waals surface area contributed by atoms with Gasteiger partial charge in [-0.3, -0.25) is 4.79 Å². The SMILES string of the molecule is Cc1cc(S(=O)(=O)N(C)C)cc(NC(=O)[C@@H]2Cc3ccccc3S2)c1C. The number of nitrogens with zero attached hydrogens (tertiary/aromatic N) is 1. The van der Waals surface area contributed by atoms with Gasteiger partial charge in [-0.15, -0.1) is 11.8 Å². The van der Waals surface area contributed by atoms with E-state index in [0.717, 1.165) is 16.0 Å². The number of thioether (sulfide) groups is 1. The largest absolute Gasteiger partial charge is 0.325 e. The molecule has 1 heterocycles. The van der Waals surface area contributed by atoms with Crippen LogP contribution >= 0.6 is 11.8 Å². The van der Waals surface area contributed by atoms with Crippen LogP contribution in [-0.4, -0.2) is 38.0 Å². The van der Waals surface area contributed by atoms with Crippen molar-refractivity contribution in [2.45, 2.75) is 35.3 Å². The number of sulfonamides is 1. The van der Waals surface area contributed by atoms with Crippen molar-refractivity contribution in [2.75, 3.05) is 19.4 Å². The van der Waals surface area contributed by atoms with Gasteiger partial charge in [0, 0.05) is 24.7 Å². The molecule has 2 aromatic rings. The van der Waals surface area contributed by atoms with Gasteiger partial charge in [-0.05, 0) is 55.2 Å². The fourth-order valence-corrected chi connectivity index (χ4v) is 5.07. The molecule has 1 amide bonds. The van der Waals surface area contributed by atoms with E-state index in [4.69, 9.17) is 0 Å². The van der Waals surface area contributed by atoms with Crippen LogP contribution in [0.15, 0.2) is 46.2 Å². The third-order valence-electron chi connectivity index (χ3n) is 4.62. The third-order valence-corrected chi connectivity index (χ3v) is 7.73. The van der Waals surface area contributed by atoms with Gasteiger partial charge in [-0.1, -0.05) is 18.2 Å². The highest BCUT2D eigenvalue weighted by molar-refractivity contribution is 8.01. The zero-order valence-electron chi connectivity index (χ0n) is 15.2. The average molecular weight is 391 g/mol. The first-order valence-corrected chi connectivity index (χ1v) is 10.6. The van der Waals surface area contributed by atoms with Gasteiger partial charge in [0.1, 0.15) is 0 Å². The van der Waals surface area contributed by atoms with E-state index in [1.165, 1.54) is 24.0 Å². The topological polar surface area (TPSA) is 66.5 Å². The van der Waals surface area contributed by atoms with E-state index in [-0.39, 0.29) is 16.1 Å². The van der Waals surface area contributed by atoms with Crippen LogP contribution in [0.2, 0.25) is 0 Å². The van der Waals surface area contributed by atoms with Crippen molar-refractivity contribution >= 4 is 33.4 Å². The molecule has 0 spiro atoms. The van der Waals surface area contributed by atoms with E-state index in [1.807, 2.05) is 38.1 Å². The summed E-state index contributed by atoms with van der Waals surface area (Å²) in [4.78, 5) is 14.1. The summed E-state index contributed by atoms with van der Waals surface area (Å²) in [6.07, 6.45) is 0.681. The standard InChI is InChI=1S/C19H22N2O3S2/c1-12-9-15(26(23,24)21(3)4)11-16(13(12)2)20-19(22)18-10-14-7-5-6-8-17(14)25-18/h5-9,11,18H,10H2,1-4H3,(H,20,22)/t18-/m0/s1. The van der Waals surface area contributed by atoms with Crippen LogP contribution < -0.4 is 5.32 Å². The fraction of sp³-hybridized carbons (Fsp3) is 0.316. The molecule has 0 saturated carbocycles. The van der Waals surface area contributed by atoms with Crippen molar-refractivity contribution in [1.29, 1.82) is 0 Å². The predicted octanol–water partition coefficient (Wildman–Crippen LogP) is 3.21. The number of fused-ring (bicyclic) bond motifs is 1. The monoisotopic (exact) mass is 390 g/mol. The number of amides is 1. The Hall–Kier alpha value is -1.83. The molecular formula is C19H22N2O3S2. The number of hydrogen-bond donors (Lipinski definition) is 1. The number of hydrogen-bond acceptors (Lipinski definition) is 4. The predicted molar refractivity (Wildman–Crippen MR) is 105 cm³/mol. The molecule has 0 aromatic heterocycles. The number of nitrogens with one attached hydrogen (secondary N) is 1. The molecule has 0 radical (unpaired) electrons. The van der Waals surface area contributed by atoms with Crippen LogP contribution in [-0.2, 0) is 21.2 Å². The Bertz CT molecular complexity index is 944. The first-order chi connectivity index (χ1) is 12.2. The minimum Gasteiger partial charge on any atom is -0.325 e. The van der Waals surface area contributed by atoms with Crippen molar-refractivity contribution in [1.82, 2.24) is 4.31 Å². The van der Waals surface area contributed by atoms with Crippen LogP contribution in [0, 0.1) is 13.8 Å². The van der Waals surface area contributed by atoms with E-state index in [0.29, 0.717) is 12.1 Å². The van der Waals surface area contributed by atoms with E-state index in [9.17, 15) is 13.2 Å². The van der Waals surface area contributed by atoms with Gasteiger partial charge in [-0.25, -0.2) is 12.7 Å². The molecule has 5 nitrogen and oxygen atoms in total. The maximum Gasteiger partial charge on any atom is 0.242 e. The molecule has 1 aliphatic rings. The van der Waals surface area contributed by atoms with Gasteiger partial charge in [0.05, 0.1) is 10.1 Å². The third kappa shape index (κ3) is 3.51. The zero-order valence-corrected chi connectivity index (χ0v) is 16.9. The summed E-state index contributed by atoms with van der Waals surface area (Å²) in [7, 11) is -0.570. The molecule has 3 rings (SSSR count). The minimum absolute atomic E-state index is 0.104. The van der Waals surface area contributed by atoms with E-state index in [2.05, 4.69) is 5.32 Å². The molecule has 0 bridgehead atoms. The van der Waals surface area contributed by atoms with Crippen LogP contribution in [0.1, 0.15) is 16.7 Å². The molecule has 2 aromatic carbocycles. The molecule has 138 valence electrons. The number of benzene rings is 2. The second kappa shape index (κ2) is 7.06. The van der Waals surface area contributed by atoms with Gasteiger partial charge in [0.25, 0.3) is 0 Å². The molecule has 0 aliphatic carbocycles. The van der Waals surface area contributed by atoms with Gasteiger partial charge < -0.3 is 5.32 Å². The van der Waals surface area contributed by atoms with Gasteiger partial charge in [0.15, 0.2) is 0 Å². The van der Waals surface area contributed by atoms with Crippen molar-refractivity contribution < 1.29 is 13.2 Å². The Morgan fingerprint density at radius 3 is 2.54 bits per heavy atom. The van der Waals surface area contributed by atoms with Crippen molar-refractivity contribution in [3.63, 3.8) is 0 Å².